The number of aromatic nitrogens is 2. The van der Waals surface area contributed by atoms with E-state index in [-0.39, 0.29) is 5.56 Å². The SMILES string of the molecule is Cn1c(O)c(C=Nc2ccc(Cl)c(Cl)c2)c(=O)n(C)c1=O. The second-order valence-corrected chi connectivity index (χ2v) is 5.11. The number of hydrogen-bond acceptors (Lipinski definition) is 4. The third-order valence-corrected chi connectivity index (χ3v) is 3.65. The lowest BCUT2D eigenvalue weighted by Crippen LogP contribution is -2.38. The summed E-state index contributed by atoms with van der Waals surface area (Å²) >= 11 is 11.7. The minimum atomic E-state index is -0.639. The molecular weight excluding hydrogens is 317 g/mol. The molecule has 0 spiro atoms. The van der Waals surface area contributed by atoms with Crippen molar-refractivity contribution in [3.05, 3.63) is 54.6 Å². The van der Waals surface area contributed by atoms with Crippen molar-refractivity contribution < 1.29 is 5.11 Å². The van der Waals surface area contributed by atoms with Crippen LogP contribution in [0.3, 0.4) is 0 Å². The van der Waals surface area contributed by atoms with Gasteiger partial charge in [-0.1, -0.05) is 23.2 Å². The number of halogens is 2. The van der Waals surface area contributed by atoms with Crippen molar-refractivity contribution in [2.45, 2.75) is 0 Å². The summed E-state index contributed by atoms with van der Waals surface area (Å²) in [5.41, 5.74) is -0.894. The Kier molecular flexibility index (Phi) is 4.20. The van der Waals surface area contributed by atoms with Crippen molar-refractivity contribution in [3.63, 3.8) is 0 Å². The van der Waals surface area contributed by atoms with Crippen molar-refractivity contribution >= 4 is 35.1 Å². The molecule has 6 nitrogen and oxygen atoms in total. The molecule has 0 amide bonds. The third-order valence-electron chi connectivity index (χ3n) is 2.91. The topological polar surface area (TPSA) is 76.6 Å². The Balaban J connectivity index is 2.54. The highest BCUT2D eigenvalue weighted by Crippen LogP contribution is 2.26. The van der Waals surface area contributed by atoms with Gasteiger partial charge < -0.3 is 5.11 Å². The molecule has 1 heterocycles. The molecule has 0 radical (unpaired) electrons. The summed E-state index contributed by atoms with van der Waals surface area (Å²) in [6.45, 7) is 0. The molecule has 0 atom stereocenters. The summed E-state index contributed by atoms with van der Waals surface area (Å²) in [6, 6.07) is 4.69. The van der Waals surface area contributed by atoms with Crippen molar-refractivity contribution in [1.29, 1.82) is 0 Å². The maximum absolute atomic E-state index is 12.0. The van der Waals surface area contributed by atoms with E-state index in [0.29, 0.717) is 15.7 Å². The van der Waals surface area contributed by atoms with Gasteiger partial charge in [0.25, 0.3) is 5.56 Å². The second-order valence-electron chi connectivity index (χ2n) is 4.30. The van der Waals surface area contributed by atoms with Crippen LogP contribution in [0.2, 0.25) is 10.0 Å². The largest absolute Gasteiger partial charge is 0.494 e. The number of benzene rings is 1. The highest BCUT2D eigenvalue weighted by atomic mass is 35.5. The summed E-state index contributed by atoms with van der Waals surface area (Å²) in [5, 5.41) is 10.6. The molecule has 1 aromatic heterocycles. The van der Waals surface area contributed by atoms with E-state index in [1.54, 1.807) is 12.1 Å². The first-order valence-corrected chi connectivity index (χ1v) is 6.56. The Bertz CT molecular complexity index is 853. The summed E-state index contributed by atoms with van der Waals surface area (Å²) in [4.78, 5) is 27.6. The second kappa shape index (κ2) is 5.75. The molecule has 1 aromatic carbocycles. The van der Waals surface area contributed by atoms with Crippen molar-refractivity contribution in [2.75, 3.05) is 0 Å². The summed E-state index contributed by atoms with van der Waals surface area (Å²) in [5.74, 6) is -0.452. The quantitative estimate of drug-likeness (QED) is 0.855. The third kappa shape index (κ3) is 2.86. The van der Waals surface area contributed by atoms with Gasteiger partial charge in [0.1, 0.15) is 5.56 Å². The Morgan fingerprint density at radius 2 is 1.81 bits per heavy atom. The normalized spacial score (nSPS) is 11.2. The van der Waals surface area contributed by atoms with Crippen LogP contribution in [0.25, 0.3) is 0 Å². The van der Waals surface area contributed by atoms with E-state index in [1.165, 1.54) is 26.4 Å². The van der Waals surface area contributed by atoms with E-state index in [1.807, 2.05) is 0 Å². The molecule has 0 saturated carbocycles. The van der Waals surface area contributed by atoms with Crippen LogP contribution in [0.15, 0.2) is 32.8 Å². The summed E-state index contributed by atoms with van der Waals surface area (Å²) in [6.07, 6.45) is 1.18. The Morgan fingerprint density at radius 1 is 1.14 bits per heavy atom. The minimum Gasteiger partial charge on any atom is -0.494 e. The van der Waals surface area contributed by atoms with Gasteiger partial charge >= 0.3 is 5.69 Å². The van der Waals surface area contributed by atoms with Crippen LogP contribution in [0.5, 0.6) is 5.88 Å². The predicted molar refractivity (Wildman–Crippen MR) is 82.3 cm³/mol. The lowest BCUT2D eigenvalue weighted by Gasteiger charge is -2.07. The molecule has 0 saturated heterocycles. The Hall–Kier alpha value is -2.05. The monoisotopic (exact) mass is 327 g/mol. The molecule has 0 bridgehead atoms. The van der Waals surface area contributed by atoms with Crippen LogP contribution in [0.4, 0.5) is 5.69 Å². The molecular formula is C13H11Cl2N3O3. The molecule has 0 fully saturated rings. The molecule has 0 aliphatic heterocycles. The van der Waals surface area contributed by atoms with Crippen LogP contribution in [-0.4, -0.2) is 20.5 Å². The van der Waals surface area contributed by atoms with Crippen LogP contribution >= 0.6 is 23.2 Å². The molecule has 110 valence electrons. The van der Waals surface area contributed by atoms with Crippen LogP contribution in [-0.2, 0) is 14.1 Å². The fourth-order valence-corrected chi connectivity index (χ4v) is 1.97. The highest BCUT2D eigenvalue weighted by molar-refractivity contribution is 6.42. The van der Waals surface area contributed by atoms with Crippen LogP contribution in [0.1, 0.15) is 5.56 Å². The van der Waals surface area contributed by atoms with Gasteiger partial charge in [-0.15, -0.1) is 0 Å². The van der Waals surface area contributed by atoms with Gasteiger partial charge in [-0.2, -0.15) is 0 Å². The standard InChI is InChI=1S/C13H11Cl2N3O3/c1-17-11(19)8(12(20)18(2)13(17)21)6-16-7-3-4-9(14)10(15)5-7/h3-6,19H,1-2H3. The summed E-state index contributed by atoms with van der Waals surface area (Å²) < 4.78 is 1.84. The lowest BCUT2D eigenvalue weighted by molar-refractivity contribution is 0.410. The van der Waals surface area contributed by atoms with Gasteiger partial charge in [0.2, 0.25) is 5.88 Å². The lowest BCUT2D eigenvalue weighted by atomic mass is 10.3. The smallest absolute Gasteiger partial charge is 0.333 e. The minimum absolute atomic E-state index is 0.0920. The van der Waals surface area contributed by atoms with Gasteiger partial charge in [-0.25, -0.2) is 4.79 Å². The number of aromatic hydroxyl groups is 1. The van der Waals surface area contributed by atoms with E-state index in [2.05, 4.69) is 4.99 Å². The first-order chi connectivity index (χ1) is 9.82. The van der Waals surface area contributed by atoms with Gasteiger partial charge in [-0.05, 0) is 18.2 Å². The predicted octanol–water partition coefficient (Wildman–Crippen LogP) is 1.85. The van der Waals surface area contributed by atoms with Gasteiger partial charge in [-0.3, -0.25) is 18.9 Å². The Labute approximate surface area is 129 Å². The van der Waals surface area contributed by atoms with Crippen molar-refractivity contribution in [3.8, 4) is 5.88 Å². The van der Waals surface area contributed by atoms with E-state index >= 15 is 0 Å². The van der Waals surface area contributed by atoms with Gasteiger partial charge in [0.05, 0.1) is 15.7 Å². The van der Waals surface area contributed by atoms with Crippen LogP contribution in [0, 0.1) is 0 Å². The van der Waals surface area contributed by atoms with Crippen molar-refractivity contribution in [2.24, 2.45) is 19.1 Å². The number of nitrogens with zero attached hydrogens (tertiary/aromatic N) is 3. The number of rotatable bonds is 2. The maximum Gasteiger partial charge on any atom is 0.333 e. The zero-order valence-electron chi connectivity index (χ0n) is 11.2. The molecule has 0 aliphatic rings. The molecule has 0 aliphatic carbocycles. The van der Waals surface area contributed by atoms with Gasteiger partial charge in [0.15, 0.2) is 0 Å². The van der Waals surface area contributed by atoms with E-state index < -0.39 is 17.1 Å². The molecule has 8 heteroatoms. The molecule has 2 rings (SSSR count). The maximum atomic E-state index is 12.0. The molecule has 21 heavy (non-hydrogen) atoms. The van der Waals surface area contributed by atoms with Gasteiger partial charge in [0, 0.05) is 20.3 Å². The first kappa shape index (κ1) is 15.3. The van der Waals surface area contributed by atoms with E-state index in [4.69, 9.17) is 23.2 Å². The average Bonchev–Trinajstić information content (AvgIpc) is 2.46. The number of aliphatic imine (C=N–C) groups is 1. The average molecular weight is 328 g/mol. The summed E-state index contributed by atoms with van der Waals surface area (Å²) in [7, 11) is 2.67. The highest BCUT2D eigenvalue weighted by Gasteiger charge is 2.12. The zero-order valence-corrected chi connectivity index (χ0v) is 12.7. The van der Waals surface area contributed by atoms with Crippen molar-refractivity contribution in [1.82, 2.24) is 9.13 Å². The Morgan fingerprint density at radius 3 is 2.43 bits per heavy atom. The molecule has 1 N–H and O–H groups in total. The number of hydrogen-bond donors (Lipinski definition) is 1. The fourth-order valence-electron chi connectivity index (χ4n) is 1.68. The van der Waals surface area contributed by atoms with E-state index in [9.17, 15) is 14.7 Å². The molecule has 0 unspecified atom stereocenters. The first-order valence-electron chi connectivity index (χ1n) is 5.81. The fraction of sp³-hybridized carbons (Fsp3) is 0.154. The van der Waals surface area contributed by atoms with E-state index in [0.717, 1.165) is 9.13 Å². The van der Waals surface area contributed by atoms with Crippen LogP contribution < -0.4 is 11.2 Å². The zero-order chi connectivity index (χ0) is 15.7. The molecule has 2 aromatic rings.